The number of rotatable bonds is 1. The number of aryl methyl sites for hydroxylation is 1. The van der Waals surface area contributed by atoms with E-state index in [0.29, 0.717) is 5.69 Å². The number of imide groups is 1. The van der Waals surface area contributed by atoms with Crippen molar-refractivity contribution in [2.24, 2.45) is 0 Å². The van der Waals surface area contributed by atoms with Gasteiger partial charge in [0.05, 0.1) is 6.54 Å². The first-order chi connectivity index (χ1) is 7.99. The Labute approximate surface area is 99.6 Å². The number of benzene rings is 1. The predicted octanol–water partition coefficient (Wildman–Crippen LogP) is 0.429. The molecule has 2 rings (SSSR count). The van der Waals surface area contributed by atoms with Gasteiger partial charge in [0, 0.05) is 11.4 Å². The first-order valence-corrected chi connectivity index (χ1v) is 5.45. The zero-order valence-corrected chi connectivity index (χ0v) is 9.86. The summed E-state index contributed by atoms with van der Waals surface area (Å²) in [6.07, 6.45) is 0. The fourth-order valence-corrected chi connectivity index (χ4v) is 1.84. The summed E-state index contributed by atoms with van der Waals surface area (Å²) >= 11 is 0. The summed E-state index contributed by atoms with van der Waals surface area (Å²) in [4.78, 5) is 24.6. The lowest BCUT2D eigenvalue weighted by Gasteiger charge is -2.33. The van der Waals surface area contributed by atoms with Crippen molar-refractivity contribution in [3.05, 3.63) is 23.8 Å². The van der Waals surface area contributed by atoms with Crippen LogP contribution in [-0.2, 0) is 9.59 Å². The van der Waals surface area contributed by atoms with Crippen molar-refractivity contribution in [3.63, 3.8) is 0 Å². The van der Waals surface area contributed by atoms with Crippen LogP contribution in [0.1, 0.15) is 12.5 Å². The molecule has 3 N–H and O–H groups in total. The summed E-state index contributed by atoms with van der Waals surface area (Å²) in [5, 5.41) is 2.30. The van der Waals surface area contributed by atoms with Crippen molar-refractivity contribution in [2.45, 2.75) is 19.9 Å². The topological polar surface area (TPSA) is 75.4 Å². The third-order valence-corrected chi connectivity index (χ3v) is 3.02. The molecule has 1 fully saturated rings. The van der Waals surface area contributed by atoms with E-state index < -0.39 is 0 Å². The average molecular weight is 233 g/mol. The number of amides is 2. The summed E-state index contributed by atoms with van der Waals surface area (Å²) in [5.41, 5.74) is 8.27. The Morgan fingerprint density at radius 3 is 2.76 bits per heavy atom. The molecule has 0 bridgehead atoms. The van der Waals surface area contributed by atoms with Crippen molar-refractivity contribution < 1.29 is 9.59 Å². The predicted molar refractivity (Wildman–Crippen MR) is 65.5 cm³/mol. The molecular formula is C12H15N3O2. The van der Waals surface area contributed by atoms with Crippen LogP contribution in [0.2, 0.25) is 0 Å². The van der Waals surface area contributed by atoms with Gasteiger partial charge >= 0.3 is 0 Å². The molecule has 2 amide bonds. The molecule has 1 aliphatic rings. The quantitative estimate of drug-likeness (QED) is 0.545. The number of nitrogen functional groups attached to an aromatic ring is 1. The molecule has 1 unspecified atom stereocenters. The minimum Gasteiger partial charge on any atom is -0.398 e. The fourth-order valence-electron chi connectivity index (χ4n) is 1.84. The number of nitrogens with one attached hydrogen (secondary N) is 1. The van der Waals surface area contributed by atoms with Gasteiger partial charge in [0.25, 0.3) is 0 Å². The lowest BCUT2D eigenvalue weighted by molar-refractivity contribution is -0.132. The van der Waals surface area contributed by atoms with Crippen LogP contribution in [0.25, 0.3) is 0 Å². The molecule has 0 aromatic heterocycles. The maximum atomic E-state index is 11.5. The molecular weight excluding hydrogens is 218 g/mol. The lowest BCUT2D eigenvalue weighted by atomic mass is 10.1. The highest BCUT2D eigenvalue weighted by atomic mass is 16.2. The average Bonchev–Trinajstić information content (AvgIpc) is 2.27. The normalized spacial score (nSPS) is 20.4. The van der Waals surface area contributed by atoms with Crippen molar-refractivity contribution in [3.8, 4) is 0 Å². The number of carbonyl (C=O) groups is 2. The standard InChI is InChI=1S/C12H15N3O2/c1-7-3-4-9(5-10(7)13)15-6-11(16)14-12(17)8(15)2/h3-5,8H,6,13H2,1-2H3,(H,14,16,17). The Hall–Kier alpha value is -2.04. The van der Waals surface area contributed by atoms with Crippen LogP contribution in [0, 0.1) is 6.92 Å². The van der Waals surface area contributed by atoms with E-state index in [-0.39, 0.29) is 24.4 Å². The highest BCUT2D eigenvalue weighted by molar-refractivity contribution is 6.04. The Bertz CT molecular complexity index is 485. The maximum absolute atomic E-state index is 11.5. The van der Waals surface area contributed by atoms with E-state index in [1.165, 1.54) is 0 Å². The van der Waals surface area contributed by atoms with Crippen LogP contribution in [-0.4, -0.2) is 24.4 Å². The van der Waals surface area contributed by atoms with Gasteiger partial charge in [-0.15, -0.1) is 0 Å². The number of anilines is 2. The Kier molecular flexibility index (Phi) is 2.75. The number of carbonyl (C=O) groups excluding carboxylic acids is 2. The fraction of sp³-hybridized carbons (Fsp3) is 0.333. The Morgan fingerprint density at radius 2 is 2.12 bits per heavy atom. The van der Waals surface area contributed by atoms with Crippen molar-refractivity contribution in [1.29, 1.82) is 0 Å². The van der Waals surface area contributed by atoms with Gasteiger partial charge in [0.15, 0.2) is 0 Å². The van der Waals surface area contributed by atoms with E-state index in [1.54, 1.807) is 17.9 Å². The van der Waals surface area contributed by atoms with Gasteiger partial charge in [-0.25, -0.2) is 0 Å². The first-order valence-electron chi connectivity index (χ1n) is 5.45. The van der Waals surface area contributed by atoms with Gasteiger partial charge in [0.2, 0.25) is 11.8 Å². The van der Waals surface area contributed by atoms with Gasteiger partial charge in [-0.1, -0.05) is 6.07 Å². The van der Waals surface area contributed by atoms with Gasteiger partial charge in [-0.2, -0.15) is 0 Å². The Morgan fingerprint density at radius 1 is 1.41 bits per heavy atom. The third kappa shape index (κ3) is 2.08. The molecule has 5 heteroatoms. The molecule has 0 saturated carbocycles. The molecule has 1 saturated heterocycles. The third-order valence-electron chi connectivity index (χ3n) is 3.02. The Balaban J connectivity index is 2.34. The summed E-state index contributed by atoms with van der Waals surface area (Å²) in [7, 11) is 0. The van der Waals surface area contributed by atoms with E-state index in [0.717, 1.165) is 11.3 Å². The van der Waals surface area contributed by atoms with Crippen LogP contribution in [0.5, 0.6) is 0 Å². The molecule has 5 nitrogen and oxygen atoms in total. The van der Waals surface area contributed by atoms with Gasteiger partial charge in [0.1, 0.15) is 6.04 Å². The van der Waals surface area contributed by atoms with Crippen molar-refractivity contribution in [2.75, 3.05) is 17.2 Å². The lowest BCUT2D eigenvalue weighted by Crippen LogP contribution is -2.57. The van der Waals surface area contributed by atoms with E-state index in [1.807, 2.05) is 19.1 Å². The molecule has 1 aromatic rings. The first kappa shape index (κ1) is 11.4. The van der Waals surface area contributed by atoms with Gasteiger partial charge < -0.3 is 10.6 Å². The van der Waals surface area contributed by atoms with Crippen molar-refractivity contribution >= 4 is 23.2 Å². The van der Waals surface area contributed by atoms with Crippen LogP contribution in [0.15, 0.2) is 18.2 Å². The zero-order valence-electron chi connectivity index (χ0n) is 9.86. The minimum atomic E-state index is -0.366. The molecule has 0 spiro atoms. The second-order valence-electron chi connectivity index (χ2n) is 4.26. The molecule has 1 aromatic carbocycles. The molecule has 1 heterocycles. The number of nitrogens with two attached hydrogens (primary N) is 1. The number of hydrogen-bond donors (Lipinski definition) is 2. The molecule has 17 heavy (non-hydrogen) atoms. The zero-order chi connectivity index (χ0) is 12.6. The summed E-state index contributed by atoms with van der Waals surface area (Å²) in [6.45, 7) is 3.85. The molecule has 0 aliphatic carbocycles. The van der Waals surface area contributed by atoms with Crippen LogP contribution >= 0.6 is 0 Å². The number of hydrogen-bond acceptors (Lipinski definition) is 4. The number of piperazine rings is 1. The SMILES string of the molecule is Cc1ccc(N2CC(=O)NC(=O)C2C)cc1N. The van der Waals surface area contributed by atoms with E-state index in [4.69, 9.17) is 5.73 Å². The summed E-state index contributed by atoms with van der Waals surface area (Å²) in [5.74, 6) is -0.562. The highest BCUT2D eigenvalue weighted by Gasteiger charge is 2.30. The second kappa shape index (κ2) is 4.08. The van der Waals surface area contributed by atoms with Crippen LogP contribution < -0.4 is 16.0 Å². The maximum Gasteiger partial charge on any atom is 0.249 e. The van der Waals surface area contributed by atoms with Gasteiger partial charge in [-0.3, -0.25) is 14.9 Å². The van der Waals surface area contributed by atoms with E-state index in [9.17, 15) is 9.59 Å². The van der Waals surface area contributed by atoms with Crippen LogP contribution in [0.3, 0.4) is 0 Å². The smallest absolute Gasteiger partial charge is 0.249 e. The number of nitrogens with zero attached hydrogens (tertiary/aromatic N) is 1. The van der Waals surface area contributed by atoms with Gasteiger partial charge in [-0.05, 0) is 31.5 Å². The second-order valence-corrected chi connectivity index (χ2v) is 4.26. The molecule has 0 radical (unpaired) electrons. The minimum absolute atomic E-state index is 0.176. The largest absolute Gasteiger partial charge is 0.398 e. The monoisotopic (exact) mass is 233 g/mol. The summed E-state index contributed by atoms with van der Waals surface area (Å²) in [6, 6.07) is 5.18. The highest BCUT2D eigenvalue weighted by Crippen LogP contribution is 2.23. The van der Waals surface area contributed by atoms with E-state index in [2.05, 4.69) is 5.32 Å². The van der Waals surface area contributed by atoms with Crippen molar-refractivity contribution in [1.82, 2.24) is 5.32 Å². The molecule has 1 aliphatic heterocycles. The molecule has 1 atom stereocenters. The summed E-state index contributed by atoms with van der Waals surface area (Å²) < 4.78 is 0. The van der Waals surface area contributed by atoms with Crippen LogP contribution in [0.4, 0.5) is 11.4 Å². The van der Waals surface area contributed by atoms with E-state index >= 15 is 0 Å². The molecule has 90 valence electrons.